The van der Waals surface area contributed by atoms with Gasteiger partial charge in [-0.25, -0.2) is 0 Å². The van der Waals surface area contributed by atoms with Gasteiger partial charge in [-0.1, -0.05) is 0 Å². The lowest BCUT2D eigenvalue weighted by Gasteiger charge is -2.16. The Kier molecular flexibility index (Phi) is 6.81. The molecule has 0 fully saturated rings. The zero-order valence-corrected chi connectivity index (χ0v) is 12.3. The number of nitro groups is 1. The van der Waals surface area contributed by atoms with Crippen molar-refractivity contribution in [2.24, 2.45) is 0 Å². The van der Waals surface area contributed by atoms with Gasteiger partial charge in [0.25, 0.3) is 5.69 Å². The van der Waals surface area contributed by atoms with Gasteiger partial charge in [0.2, 0.25) is 5.91 Å². The molecule has 8 nitrogen and oxygen atoms in total. The largest absolute Gasteiger partial charge is 0.481 e. The number of rotatable bonds is 9. The van der Waals surface area contributed by atoms with Crippen molar-refractivity contribution in [3.63, 3.8) is 0 Å². The van der Waals surface area contributed by atoms with Crippen molar-refractivity contribution in [2.75, 3.05) is 25.5 Å². The van der Waals surface area contributed by atoms with Crippen molar-refractivity contribution in [3.8, 4) is 0 Å². The van der Waals surface area contributed by atoms with Gasteiger partial charge in [-0.15, -0.1) is 0 Å². The molecule has 0 bridgehead atoms. The second-order valence-corrected chi connectivity index (χ2v) is 4.79. The maximum Gasteiger partial charge on any atom is 0.305 e. The molecule has 0 heterocycles. The Labute approximate surface area is 127 Å². The molecule has 1 rings (SSSR count). The van der Waals surface area contributed by atoms with Crippen molar-refractivity contribution in [1.29, 1.82) is 0 Å². The van der Waals surface area contributed by atoms with Crippen molar-refractivity contribution >= 4 is 23.3 Å². The minimum absolute atomic E-state index is 0.0285. The fraction of sp³-hybridized carbons (Fsp3) is 0.429. The minimum Gasteiger partial charge on any atom is -0.481 e. The van der Waals surface area contributed by atoms with E-state index in [0.717, 1.165) is 5.69 Å². The summed E-state index contributed by atoms with van der Waals surface area (Å²) in [6, 6.07) is 6.04. The normalized spacial score (nSPS) is 10.0. The van der Waals surface area contributed by atoms with E-state index in [9.17, 15) is 19.7 Å². The SMILES string of the molecule is CN(CCC(=O)O)C(=O)CCCNc1ccc([N+](=O)[O-])cc1. The first kappa shape index (κ1) is 17.4. The molecule has 0 saturated carbocycles. The van der Waals surface area contributed by atoms with Crippen LogP contribution in [0.2, 0.25) is 0 Å². The second-order valence-electron chi connectivity index (χ2n) is 4.79. The third-order valence-electron chi connectivity index (χ3n) is 3.06. The highest BCUT2D eigenvalue weighted by Crippen LogP contribution is 2.15. The van der Waals surface area contributed by atoms with Gasteiger partial charge in [-0.05, 0) is 18.6 Å². The van der Waals surface area contributed by atoms with E-state index in [0.29, 0.717) is 19.4 Å². The highest BCUT2D eigenvalue weighted by atomic mass is 16.6. The van der Waals surface area contributed by atoms with Crippen LogP contribution in [-0.4, -0.2) is 46.9 Å². The smallest absolute Gasteiger partial charge is 0.305 e. The van der Waals surface area contributed by atoms with E-state index in [1.165, 1.54) is 17.0 Å². The molecule has 2 N–H and O–H groups in total. The number of nitro benzene ring substituents is 1. The summed E-state index contributed by atoms with van der Waals surface area (Å²) in [4.78, 5) is 33.6. The van der Waals surface area contributed by atoms with Crippen LogP contribution < -0.4 is 5.32 Å². The number of aliphatic carboxylic acids is 1. The van der Waals surface area contributed by atoms with Crippen molar-refractivity contribution in [3.05, 3.63) is 34.4 Å². The van der Waals surface area contributed by atoms with Crippen molar-refractivity contribution in [1.82, 2.24) is 4.90 Å². The summed E-state index contributed by atoms with van der Waals surface area (Å²) in [5.41, 5.74) is 0.776. The minimum atomic E-state index is -0.931. The lowest BCUT2D eigenvalue weighted by atomic mass is 10.2. The van der Waals surface area contributed by atoms with Crippen LogP contribution >= 0.6 is 0 Å². The van der Waals surface area contributed by atoms with Crippen molar-refractivity contribution < 1.29 is 19.6 Å². The molecule has 0 aliphatic rings. The van der Waals surface area contributed by atoms with Gasteiger partial charge in [-0.2, -0.15) is 0 Å². The highest BCUT2D eigenvalue weighted by Gasteiger charge is 2.09. The summed E-state index contributed by atoms with van der Waals surface area (Å²) in [6.45, 7) is 0.750. The molecule has 1 aromatic rings. The molecule has 8 heteroatoms. The first-order valence-corrected chi connectivity index (χ1v) is 6.84. The molecule has 0 aliphatic carbocycles. The number of carboxylic acids is 1. The number of carboxylic acid groups (broad SMARTS) is 1. The fourth-order valence-corrected chi connectivity index (χ4v) is 1.75. The number of anilines is 1. The van der Waals surface area contributed by atoms with E-state index < -0.39 is 10.9 Å². The van der Waals surface area contributed by atoms with Crippen LogP contribution in [0.3, 0.4) is 0 Å². The van der Waals surface area contributed by atoms with Gasteiger partial charge in [-0.3, -0.25) is 19.7 Å². The maximum absolute atomic E-state index is 11.7. The predicted octanol–water partition coefficient (Wildman–Crippen LogP) is 1.72. The molecule has 0 spiro atoms. The average Bonchev–Trinajstić information content (AvgIpc) is 2.49. The number of non-ortho nitro benzene ring substituents is 1. The summed E-state index contributed by atoms with van der Waals surface area (Å²) in [7, 11) is 1.58. The number of nitrogens with zero attached hydrogens (tertiary/aromatic N) is 2. The average molecular weight is 309 g/mol. The zero-order chi connectivity index (χ0) is 16.5. The molecule has 0 atom stereocenters. The summed E-state index contributed by atoms with van der Waals surface area (Å²) in [5.74, 6) is -1.04. The van der Waals surface area contributed by atoms with Gasteiger partial charge in [0.1, 0.15) is 0 Å². The van der Waals surface area contributed by atoms with E-state index in [1.807, 2.05) is 0 Å². The predicted molar refractivity (Wildman–Crippen MR) is 80.7 cm³/mol. The van der Waals surface area contributed by atoms with Crippen LogP contribution in [0, 0.1) is 10.1 Å². The Hall–Kier alpha value is -2.64. The van der Waals surface area contributed by atoms with Gasteiger partial charge in [0.15, 0.2) is 0 Å². The molecular weight excluding hydrogens is 290 g/mol. The standard InChI is InChI=1S/C14H19N3O5/c1-16(10-8-14(19)20)13(18)3-2-9-15-11-4-6-12(7-5-11)17(21)22/h4-7,15H,2-3,8-10H2,1H3,(H,19,20). The Morgan fingerprint density at radius 3 is 2.45 bits per heavy atom. The molecule has 0 aromatic heterocycles. The van der Waals surface area contributed by atoms with E-state index in [-0.39, 0.29) is 24.6 Å². The maximum atomic E-state index is 11.7. The number of benzene rings is 1. The number of hydrogen-bond acceptors (Lipinski definition) is 5. The number of carbonyl (C=O) groups excluding carboxylic acids is 1. The van der Waals surface area contributed by atoms with Crippen LogP contribution in [0.4, 0.5) is 11.4 Å². The molecule has 0 radical (unpaired) electrons. The summed E-state index contributed by atoms with van der Waals surface area (Å²) in [5, 5.41) is 22.1. The fourth-order valence-electron chi connectivity index (χ4n) is 1.75. The number of amides is 1. The van der Waals surface area contributed by atoms with Crippen LogP contribution in [0.15, 0.2) is 24.3 Å². The highest BCUT2D eigenvalue weighted by molar-refractivity contribution is 5.76. The van der Waals surface area contributed by atoms with Crippen LogP contribution in [0.1, 0.15) is 19.3 Å². The van der Waals surface area contributed by atoms with E-state index in [1.54, 1.807) is 19.2 Å². The topological polar surface area (TPSA) is 113 Å². The number of hydrogen-bond donors (Lipinski definition) is 2. The molecule has 0 saturated heterocycles. The zero-order valence-electron chi connectivity index (χ0n) is 12.3. The van der Waals surface area contributed by atoms with Gasteiger partial charge < -0.3 is 15.3 Å². The molecule has 1 amide bonds. The Bertz CT molecular complexity index is 530. The van der Waals surface area contributed by atoms with Gasteiger partial charge in [0.05, 0.1) is 11.3 Å². The Morgan fingerprint density at radius 1 is 1.27 bits per heavy atom. The molecule has 0 unspecified atom stereocenters. The third-order valence-corrected chi connectivity index (χ3v) is 3.06. The summed E-state index contributed by atoms with van der Waals surface area (Å²) < 4.78 is 0. The van der Waals surface area contributed by atoms with E-state index >= 15 is 0 Å². The molecule has 1 aromatic carbocycles. The number of nitrogens with one attached hydrogen (secondary N) is 1. The monoisotopic (exact) mass is 309 g/mol. The quantitative estimate of drug-likeness (QED) is 0.408. The van der Waals surface area contributed by atoms with Gasteiger partial charge in [0, 0.05) is 44.4 Å². The van der Waals surface area contributed by atoms with E-state index in [2.05, 4.69) is 5.32 Å². The van der Waals surface area contributed by atoms with Crippen LogP contribution in [-0.2, 0) is 9.59 Å². The summed E-state index contributed by atoms with van der Waals surface area (Å²) >= 11 is 0. The summed E-state index contributed by atoms with van der Waals surface area (Å²) in [6.07, 6.45) is 0.840. The lowest BCUT2D eigenvalue weighted by molar-refractivity contribution is -0.384. The molecule has 0 aliphatic heterocycles. The Balaban J connectivity index is 2.25. The van der Waals surface area contributed by atoms with Crippen molar-refractivity contribution in [2.45, 2.75) is 19.3 Å². The molecule has 120 valence electrons. The first-order valence-electron chi connectivity index (χ1n) is 6.84. The lowest BCUT2D eigenvalue weighted by Crippen LogP contribution is -2.29. The second kappa shape index (κ2) is 8.60. The van der Waals surface area contributed by atoms with Crippen LogP contribution in [0.25, 0.3) is 0 Å². The molecular formula is C14H19N3O5. The van der Waals surface area contributed by atoms with Crippen LogP contribution in [0.5, 0.6) is 0 Å². The number of carbonyl (C=O) groups is 2. The third kappa shape index (κ3) is 6.21. The molecule has 22 heavy (non-hydrogen) atoms. The first-order chi connectivity index (χ1) is 10.4. The van der Waals surface area contributed by atoms with Gasteiger partial charge >= 0.3 is 5.97 Å². The Morgan fingerprint density at radius 2 is 1.91 bits per heavy atom. The van der Waals surface area contributed by atoms with E-state index in [4.69, 9.17) is 5.11 Å².